The predicted octanol–water partition coefficient (Wildman–Crippen LogP) is 4.20. The third-order valence-electron chi connectivity index (χ3n) is 3.92. The Morgan fingerprint density at radius 3 is 2.60 bits per heavy atom. The summed E-state index contributed by atoms with van der Waals surface area (Å²) < 4.78 is 0. The molecule has 0 aromatic heterocycles. The molecule has 1 fully saturated rings. The van der Waals surface area contributed by atoms with Gasteiger partial charge in [0.1, 0.15) is 0 Å². The Labute approximate surface area is 91.3 Å². The van der Waals surface area contributed by atoms with Gasteiger partial charge < -0.3 is 0 Å². The van der Waals surface area contributed by atoms with E-state index in [-0.39, 0.29) is 0 Å². The minimum Gasteiger partial charge on any atom is -0.0831 e. The SMILES string of the molecule is CC12CC=CC(c3ccccc3)=C1CC2. The summed E-state index contributed by atoms with van der Waals surface area (Å²) in [5, 5.41) is 0. The number of hydrogen-bond acceptors (Lipinski definition) is 0. The molecule has 0 N–H and O–H groups in total. The van der Waals surface area contributed by atoms with Gasteiger partial charge in [-0.05, 0) is 35.8 Å². The molecule has 0 heteroatoms. The number of hydrogen-bond donors (Lipinski definition) is 0. The van der Waals surface area contributed by atoms with Gasteiger partial charge in [-0.15, -0.1) is 0 Å². The van der Waals surface area contributed by atoms with Crippen LogP contribution in [-0.2, 0) is 0 Å². The number of fused-ring (bicyclic) bond motifs is 1. The summed E-state index contributed by atoms with van der Waals surface area (Å²) in [5.41, 5.74) is 5.03. The Morgan fingerprint density at radius 2 is 1.93 bits per heavy atom. The second-order valence-electron chi connectivity index (χ2n) is 4.93. The van der Waals surface area contributed by atoms with Crippen molar-refractivity contribution in [3.05, 3.63) is 53.6 Å². The lowest BCUT2D eigenvalue weighted by Crippen LogP contribution is -2.31. The quantitative estimate of drug-likeness (QED) is 0.631. The molecule has 0 aliphatic heterocycles. The highest BCUT2D eigenvalue weighted by atomic mass is 14.4. The van der Waals surface area contributed by atoms with Crippen LogP contribution in [0.15, 0.2) is 48.1 Å². The van der Waals surface area contributed by atoms with E-state index >= 15 is 0 Å². The molecule has 0 heterocycles. The Balaban J connectivity index is 2.10. The lowest BCUT2D eigenvalue weighted by molar-refractivity contribution is 0.274. The van der Waals surface area contributed by atoms with Crippen LogP contribution in [0.1, 0.15) is 31.7 Å². The minimum absolute atomic E-state index is 0.486. The van der Waals surface area contributed by atoms with Crippen molar-refractivity contribution < 1.29 is 0 Å². The molecule has 1 unspecified atom stereocenters. The number of allylic oxidation sites excluding steroid dienone is 4. The highest BCUT2D eigenvalue weighted by Gasteiger charge is 2.39. The first-order valence-corrected chi connectivity index (χ1v) is 5.75. The molecule has 2 aliphatic rings. The van der Waals surface area contributed by atoms with E-state index in [0.29, 0.717) is 5.41 Å². The molecule has 0 radical (unpaired) electrons. The standard InChI is InChI=1S/C15H16/c1-15-10-5-8-13(14(15)9-11-15)12-6-3-2-4-7-12/h2-8H,9-11H2,1H3. The molecule has 3 rings (SSSR count). The molecule has 2 aliphatic carbocycles. The summed E-state index contributed by atoms with van der Waals surface area (Å²) in [6.45, 7) is 2.40. The zero-order valence-electron chi connectivity index (χ0n) is 9.16. The maximum Gasteiger partial charge on any atom is -0.00695 e. The summed E-state index contributed by atoms with van der Waals surface area (Å²) in [6, 6.07) is 10.8. The second kappa shape index (κ2) is 3.10. The molecular weight excluding hydrogens is 180 g/mol. The van der Waals surface area contributed by atoms with E-state index in [1.54, 1.807) is 5.57 Å². The van der Waals surface area contributed by atoms with Crippen molar-refractivity contribution in [1.29, 1.82) is 0 Å². The van der Waals surface area contributed by atoms with Gasteiger partial charge in [-0.1, -0.05) is 55.0 Å². The normalized spacial score (nSPS) is 28.6. The Bertz CT molecular complexity index is 436. The van der Waals surface area contributed by atoms with Crippen molar-refractivity contribution in [2.24, 2.45) is 5.41 Å². The molecule has 1 atom stereocenters. The maximum absolute atomic E-state index is 2.40. The van der Waals surface area contributed by atoms with Gasteiger partial charge in [0.25, 0.3) is 0 Å². The van der Waals surface area contributed by atoms with Crippen LogP contribution in [0, 0.1) is 5.41 Å². The average molecular weight is 196 g/mol. The third-order valence-corrected chi connectivity index (χ3v) is 3.92. The zero-order valence-corrected chi connectivity index (χ0v) is 9.16. The van der Waals surface area contributed by atoms with E-state index in [1.807, 2.05) is 0 Å². The van der Waals surface area contributed by atoms with Crippen LogP contribution < -0.4 is 0 Å². The van der Waals surface area contributed by atoms with E-state index in [2.05, 4.69) is 49.4 Å². The summed E-state index contributed by atoms with van der Waals surface area (Å²) in [7, 11) is 0. The molecule has 0 amide bonds. The van der Waals surface area contributed by atoms with Gasteiger partial charge in [0.2, 0.25) is 0 Å². The summed E-state index contributed by atoms with van der Waals surface area (Å²) in [4.78, 5) is 0. The van der Waals surface area contributed by atoms with E-state index in [0.717, 1.165) is 0 Å². The van der Waals surface area contributed by atoms with Crippen molar-refractivity contribution in [1.82, 2.24) is 0 Å². The lowest BCUT2D eigenvalue weighted by atomic mass is 9.60. The van der Waals surface area contributed by atoms with Gasteiger partial charge >= 0.3 is 0 Å². The Kier molecular flexibility index (Phi) is 1.85. The highest BCUT2D eigenvalue weighted by Crippen LogP contribution is 2.54. The van der Waals surface area contributed by atoms with Crippen molar-refractivity contribution in [3.63, 3.8) is 0 Å². The number of rotatable bonds is 1. The maximum atomic E-state index is 2.40. The fraction of sp³-hybridized carbons (Fsp3) is 0.333. The fourth-order valence-corrected chi connectivity index (χ4v) is 2.79. The van der Waals surface area contributed by atoms with Crippen molar-refractivity contribution >= 4 is 5.57 Å². The monoisotopic (exact) mass is 196 g/mol. The minimum atomic E-state index is 0.486. The second-order valence-corrected chi connectivity index (χ2v) is 4.93. The first-order chi connectivity index (χ1) is 7.30. The highest BCUT2D eigenvalue weighted by molar-refractivity contribution is 5.79. The van der Waals surface area contributed by atoms with Crippen LogP contribution in [-0.4, -0.2) is 0 Å². The van der Waals surface area contributed by atoms with Crippen LogP contribution in [0.2, 0.25) is 0 Å². The van der Waals surface area contributed by atoms with Gasteiger partial charge in [0.05, 0.1) is 0 Å². The van der Waals surface area contributed by atoms with Gasteiger partial charge in [0, 0.05) is 0 Å². The largest absolute Gasteiger partial charge is 0.0831 e. The Morgan fingerprint density at radius 1 is 1.13 bits per heavy atom. The molecule has 1 saturated carbocycles. The zero-order chi connectivity index (χ0) is 10.3. The van der Waals surface area contributed by atoms with Crippen LogP contribution >= 0.6 is 0 Å². The first-order valence-electron chi connectivity index (χ1n) is 5.75. The van der Waals surface area contributed by atoms with E-state index < -0.39 is 0 Å². The predicted molar refractivity (Wildman–Crippen MR) is 64.5 cm³/mol. The van der Waals surface area contributed by atoms with Gasteiger partial charge in [0.15, 0.2) is 0 Å². The average Bonchev–Trinajstić information content (AvgIpc) is 2.26. The van der Waals surface area contributed by atoms with Crippen LogP contribution in [0.3, 0.4) is 0 Å². The molecule has 0 saturated heterocycles. The molecule has 15 heavy (non-hydrogen) atoms. The topological polar surface area (TPSA) is 0 Å². The third kappa shape index (κ3) is 1.28. The van der Waals surface area contributed by atoms with Crippen molar-refractivity contribution in [3.8, 4) is 0 Å². The first kappa shape index (κ1) is 8.96. The Hall–Kier alpha value is -1.30. The molecule has 0 bridgehead atoms. The van der Waals surface area contributed by atoms with Crippen molar-refractivity contribution in [2.75, 3.05) is 0 Å². The lowest BCUT2D eigenvalue weighted by Gasteiger charge is -2.45. The molecule has 0 spiro atoms. The molecule has 76 valence electrons. The van der Waals surface area contributed by atoms with Gasteiger partial charge in [-0.3, -0.25) is 0 Å². The molecule has 0 nitrogen and oxygen atoms in total. The summed E-state index contributed by atoms with van der Waals surface area (Å²) in [5.74, 6) is 0. The van der Waals surface area contributed by atoms with Crippen LogP contribution in [0.25, 0.3) is 5.57 Å². The molecule has 1 aromatic rings. The van der Waals surface area contributed by atoms with Gasteiger partial charge in [-0.2, -0.15) is 0 Å². The van der Waals surface area contributed by atoms with E-state index in [1.165, 1.54) is 30.4 Å². The van der Waals surface area contributed by atoms with Crippen molar-refractivity contribution in [2.45, 2.75) is 26.2 Å². The van der Waals surface area contributed by atoms with Gasteiger partial charge in [-0.25, -0.2) is 0 Å². The molecule has 1 aromatic carbocycles. The van der Waals surface area contributed by atoms with E-state index in [9.17, 15) is 0 Å². The van der Waals surface area contributed by atoms with Crippen LogP contribution in [0.4, 0.5) is 0 Å². The smallest absolute Gasteiger partial charge is 0.00695 e. The summed E-state index contributed by atoms with van der Waals surface area (Å²) >= 11 is 0. The molecular formula is C15H16. The summed E-state index contributed by atoms with van der Waals surface area (Å²) in [6.07, 6.45) is 8.54. The number of benzene rings is 1. The van der Waals surface area contributed by atoms with E-state index in [4.69, 9.17) is 0 Å². The fourth-order valence-electron chi connectivity index (χ4n) is 2.79. The van der Waals surface area contributed by atoms with Crippen LogP contribution in [0.5, 0.6) is 0 Å².